The predicted molar refractivity (Wildman–Crippen MR) is 79.7 cm³/mol. The predicted octanol–water partition coefficient (Wildman–Crippen LogP) is 3.42. The van der Waals surface area contributed by atoms with Crippen molar-refractivity contribution in [1.82, 2.24) is 5.32 Å². The highest BCUT2D eigenvalue weighted by molar-refractivity contribution is 7.99. The van der Waals surface area contributed by atoms with Crippen LogP contribution in [0.25, 0.3) is 0 Å². The average Bonchev–Trinajstić information content (AvgIpc) is 2.86. The molecule has 0 amide bonds. The largest absolute Gasteiger partial charge is 0.493 e. The molecule has 0 bridgehead atoms. The van der Waals surface area contributed by atoms with Crippen LogP contribution >= 0.6 is 11.8 Å². The normalized spacial score (nSPS) is 15.2. The third-order valence-corrected chi connectivity index (χ3v) is 4.47. The van der Waals surface area contributed by atoms with Crippen LogP contribution in [-0.2, 0) is 6.42 Å². The molecule has 1 aliphatic heterocycles. The zero-order valence-corrected chi connectivity index (χ0v) is 12.2. The number of hydrogen-bond acceptors (Lipinski definition) is 3. The Bertz CT molecular complexity index is 381. The van der Waals surface area contributed by atoms with E-state index in [0.29, 0.717) is 6.04 Å². The molecule has 3 heteroatoms. The fraction of sp³-hybridized carbons (Fsp3) is 0.600. The molecule has 1 aromatic rings. The summed E-state index contributed by atoms with van der Waals surface area (Å²) in [4.78, 5) is 0. The smallest absolute Gasteiger partial charge is 0.127 e. The van der Waals surface area contributed by atoms with Crippen molar-refractivity contribution in [1.29, 1.82) is 0 Å². The van der Waals surface area contributed by atoms with Crippen molar-refractivity contribution in [2.24, 2.45) is 0 Å². The van der Waals surface area contributed by atoms with Gasteiger partial charge in [0.2, 0.25) is 0 Å². The van der Waals surface area contributed by atoms with Gasteiger partial charge in [0.1, 0.15) is 5.75 Å². The second kappa shape index (κ2) is 7.05. The van der Waals surface area contributed by atoms with E-state index in [0.717, 1.165) is 31.1 Å². The molecule has 0 aromatic heterocycles. The van der Waals surface area contributed by atoms with E-state index in [2.05, 4.69) is 37.4 Å². The van der Waals surface area contributed by atoms with Gasteiger partial charge in [-0.3, -0.25) is 0 Å². The maximum Gasteiger partial charge on any atom is 0.127 e. The molecule has 1 aliphatic rings. The van der Waals surface area contributed by atoms with Gasteiger partial charge in [-0.25, -0.2) is 0 Å². The Labute approximate surface area is 114 Å². The number of para-hydroxylation sites is 1. The maximum absolute atomic E-state index is 5.81. The summed E-state index contributed by atoms with van der Waals surface area (Å²) in [6.45, 7) is 6.24. The first-order valence-corrected chi connectivity index (χ1v) is 8.08. The molecular weight excluding hydrogens is 242 g/mol. The SMILES string of the molecule is CCCSCC(NCC)c1cccc2c1OCC2. The molecule has 18 heavy (non-hydrogen) atoms. The molecule has 0 radical (unpaired) electrons. The van der Waals surface area contributed by atoms with Gasteiger partial charge in [0, 0.05) is 23.8 Å². The zero-order valence-electron chi connectivity index (χ0n) is 11.4. The minimum absolute atomic E-state index is 0.416. The number of thioether (sulfide) groups is 1. The molecule has 2 nitrogen and oxygen atoms in total. The lowest BCUT2D eigenvalue weighted by atomic mass is 10.0. The van der Waals surface area contributed by atoms with Gasteiger partial charge < -0.3 is 10.1 Å². The lowest BCUT2D eigenvalue weighted by Crippen LogP contribution is -2.23. The van der Waals surface area contributed by atoms with E-state index >= 15 is 0 Å². The fourth-order valence-electron chi connectivity index (χ4n) is 2.37. The molecule has 1 atom stereocenters. The van der Waals surface area contributed by atoms with Crippen LogP contribution in [0.15, 0.2) is 18.2 Å². The van der Waals surface area contributed by atoms with Gasteiger partial charge in [-0.05, 0) is 24.3 Å². The van der Waals surface area contributed by atoms with Crippen molar-refractivity contribution in [3.63, 3.8) is 0 Å². The molecule has 0 spiro atoms. The molecule has 2 rings (SSSR count). The minimum atomic E-state index is 0.416. The molecule has 100 valence electrons. The Kier molecular flexibility index (Phi) is 5.39. The van der Waals surface area contributed by atoms with Crippen LogP contribution in [-0.4, -0.2) is 24.7 Å². The van der Waals surface area contributed by atoms with Gasteiger partial charge in [-0.1, -0.05) is 32.0 Å². The Hall–Kier alpha value is -0.670. The fourth-order valence-corrected chi connectivity index (χ4v) is 3.35. The summed E-state index contributed by atoms with van der Waals surface area (Å²) in [5, 5.41) is 3.59. The first-order chi connectivity index (χ1) is 8.86. The maximum atomic E-state index is 5.81. The first-order valence-electron chi connectivity index (χ1n) is 6.92. The van der Waals surface area contributed by atoms with Crippen LogP contribution in [0.5, 0.6) is 5.75 Å². The average molecular weight is 265 g/mol. The van der Waals surface area contributed by atoms with Crippen molar-refractivity contribution in [2.75, 3.05) is 24.7 Å². The van der Waals surface area contributed by atoms with E-state index in [1.54, 1.807) is 0 Å². The number of rotatable bonds is 7. The van der Waals surface area contributed by atoms with E-state index in [1.807, 2.05) is 11.8 Å². The third-order valence-electron chi connectivity index (χ3n) is 3.20. The van der Waals surface area contributed by atoms with Crippen molar-refractivity contribution in [2.45, 2.75) is 32.7 Å². The lowest BCUT2D eigenvalue weighted by Gasteiger charge is -2.20. The summed E-state index contributed by atoms with van der Waals surface area (Å²) in [7, 11) is 0. The standard InChI is InChI=1S/C15H23NOS/c1-3-10-18-11-14(16-4-2)13-7-5-6-12-8-9-17-15(12)13/h5-7,14,16H,3-4,8-11H2,1-2H3. The second-order valence-corrected chi connectivity index (χ2v) is 5.77. The summed E-state index contributed by atoms with van der Waals surface area (Å²) in [6.07, 6.45) is 2.30. The summed E-state index contributed by atoms with van der Waals surface area (Å²) >= 11 is 2.02. The molecule has 1 N–H and O–H groups in total. The van der Waals surface area contributed by atoms with Crippen molar-refractivity contribution < 1.29 is 4.74 Å². The van der Waals surface area contributed by atoms with Crippen LogP contribution in [0.1, 0.15) is 37.4 Å². The van der Waals surface area contributed by atoms with E-state index in [-0.39, 0.29) is 0 Å². The number of ether oxygens (including phenoxy) is 1. The topological polar surface area (TPSA) is 21.3 Å². The molecule has 0 saturated heterocycles. The van der Waals surface area contributed by atoms with Gasteiger partial charge in [0.15, 0.2) is 0 Å². The summed E-state index contributed by atoms with van der Waals surface area (Å²) in [5.41, 5.74) is 2.71. The summed E-state index contributed by atoms with van der Waals surface area (Å²) < 4.78 is 5.81. The number of nitrogens with one attached hydrogen (secondary N) is 1. The minimum Gasteiger partial charge on any atom is -0.493 e. The van der Waals surface area contributed by atoms with Crippen LogP contribution in [0.3, 0.4) is 0 Å². The van der Waals surface area contributed by atoms with Crippen LogP contribution in [0, 0.1) is 0 Å². The third kappa shape index (κ3) is 3.21. The highest BCUT2D eigenvalue weighted by atomic mass is 32.2. The van der Waals surface area contributed by atoms with E-state index in [1.165, 1.54) is 23.3 Å². The number of benzene rings is 1. The zero-order chi connectivity index (χ0) is 12.8. The monoisotopic (exact) mass is 265 g/mol. The van der Waals surface area contributed by atoms with Crippen molar-refractivity contribution in [3.05, 3.63) is 29.3 Å². The Morgan fingerprint density at radius 2 is 2.28 bits per heavy atom. The van der Waals surface area contributed by atoms with Gasteiger partial charge in [-0.15, -0.1) is 0 Å². The van der Waals surface area contributed by atoms with Crippen LogP contribution < -0.4 is 10.1 Å². The van der Waals surface area contributed by atoms with Gasteiger partial charge in [-0.2, -0.15) is 11.8 Å². The molecule has 0 saturated carbocycles. The Morgan fingerprint density at radius 3 is 3.06 bits per heavy atom. The van der Waals surface area contributed by atoms with Crippen molar-refractivity contribution in [3.8, 4) is 5.75 Å². The van der Waals surface area contributed by atoms with Gasteiger partial charge in [0.25, 0.3) is 0 Å². The van der Waals surface area contributed by atoms with Crippen molar-refractivity contribution >= 4 is 11.8 Å². The molecule has 0 aliphatic carbocycles. The first kappa shape index (κ1) is 13.8. The van der Waals surface area contributed by atoms with Gasteiger partial charge in [0.05, 0.1) is 6.61 Å². The quantitative estimate of drug-likeness (QED) is 0.763. The van der Waals surface area contributed by atoms with E-state index in [9.17, 15) is 0 Å². The Balaban J connectivity index is 2.12. The molecular formula is C15H23NOS. The molecule has 1 aromatic carbocycles. The number of hydrogen-bond donors (Lipinski definition) is 1. The van der Waals surface area contributed by atoms with E-state index < -0.39 is 0 Å². The Morgan fingerprint density at radius 1 is 1.39 bits per heavy atom. The lowest BCUT2D eigenvalue weighted by molar-refractivity contribution is 0.350. The highest BCUT2D eigenvalue weighted by Crippen LogP contribution is 2.34. The van der Waals surface area contributed by atoms with Crippen LogP contribution in [0.4, 0.5) is 0 Å². The van der Waals surface area contributed by atoms with Gasteiger partial charge >= 0.3 is 0 Å². The number of fused-ring (bicyclic) bond motifs is 1. The summed E-state index contributed by atoms with van der Waals surface area (Å²) in [6, 6.07) is 6.98. The van der Waals surface area contributed by atoms with E-state index in [4.69, 9.17) is 4.74 Å². The molecule has 0 fully saturated rings. The van der Waals surface area contributed by atoms with Crippen LogP contribution in [0.2, 0.25) is 0 Å². The highest BCUT2D eigenvalue weighted by Gasteiger charge is 2.21. The molecule has 1 unspecified atom stereocenters. The molecule has 1 heterocycles. The summed E-state index contributed by atoms with van der Waals surface area (Å²) in [5.74, 6) is 3.50. The second-order valence-electron chi connectivity index (χ2n) is 4.62.